The van der Waals surface area contributed by atoms with Crippen LogP contribution in [0, 0.1) is 24.1 Å². The summed E-state index contributed by atoms with van der Waals surface area (Å²) in [5, 5.41) is 12.7. The Morgan fingerprint density at radius 2 is 2.29 bits per heavy atom. The lowest BCUT2D eigenvalue weighted by atomic mass is 10.1. The van der Waals surface area contributed by atoms with Crippen LogP contribution in [0.1, 0.15) is 16.7 Å². The SMILES string of the molecule is Cc1cn(Cc2ccc(C#N)cc2F)nc1N. The molecule has 0 bridgehead atoms. The molecule has 1 aromatic heterocycles. The number of benzene rings is 1. The smallest absolute Gasteiger partial charge is 0.148 e. The van der Waals surface area contributed by atoms with Crippen molar-refractivity contribution in [1.82, 2.24) is 9.78 Å². The van der Waals surface area contributed by atoms with Crippen molar-refractivity contribution in [2.24, 2.45) is 0 Å². The second kappa shape index (κ2) is 4.26. The number of halogens is 1. The fraction of sp³-hybridized carbons (Fsp3) is 0.167. The minimum absolute atomic E-state index is 0.301. The molecule has 0 saturated carbocycles. The number of nitrogens with two attached hydrogens (primary N) is 1. The van der Waals surface area contributed by atoms with Gasteiger partial charge < -0.3 is 5.73 Å². The van der Waals surface area contributed by atoms with E-state index in [1.54, 1.807) is 23.0 Å². The Balaban J connectivity index is 2.28. The van der Waals surface area contributed by atoms with E-state index in [2.05, 4.69) is 5.10 Å². The summed E-state index contributed by atoms with van der Waals surface area (Å²) in [4.78, 5) is 0. The van der Waals surface area contributed by atoms with E-state index in [1.807, 2.05) is 13.0 Å². The van der Waals surface area contributed by atoms with Gasteiger partial charge in [-0.15, -0.1) is 0 Å². The highest BCUT2D eigenvalue weighted by atomic mass is 19.1. The lowest BCUT2D eigenvalue weighted by Crippen LogP contribution is -2.03. The summed E-state index contributed by atoms with van der Waals surface area (Å²) in [5.74, 6) is 0.0369. The Bertz CT molecular complexity index is 576. The molecular formula is C12H11FN4. The van der Waals surface area contributed by atoms with Crippen LogP contribution in [0.25, 0.3) is 0 Å². The van der Waals surface area contributed by atoms with Gasteiger partial charge >= 0.3 is 0 Å². The van der Waals surface area contributed by atoms with Crippen molar-refractivity contribution in [3.05, 3.63) is 46.9 Å². The first-order valence-electron chi connectivity index (χ1n) is 5.08. The maximum Gasteiger partial charge on any atom is 0.148 e. The van der Waals surface area contributed by atoms with Crippen molar-refractivity contribution in [3.63, 3.8) is 0 Å². The second-order valence-electron chi connectivity index (χ2n) is 3.81. The van der Waals surface area contributed by atoms with E-state index in [1.165, 1.54) is 6.07 Å². The third-order valence-electron chi connectivity index (χ3n) is 2.50. The number of hydrogen-bond donors (Lipinski definition) is 1. The van der Waals surface area contributed by atoms with E-state index in [4.69, 9.17) is 11.0 Å². The number of rotatable bonds is 2. The second-order valence-corrected chi connectivity index (χ2v) is 3.81. The molecule has 0 spiro atoms. The van der Waals surface area contributed by atoms with Crippen LogP contribution in [0.15, 0.2) is 24.4 Å². The molecule has 0 radical (unpaired) electrons. The highest BCUT2D eigenvalue weighted by molar-refractivity contribution is 5.36. The number of anilines is 1. The summed E-state index contributed by atoms with van der Waals surface area (Å²) >= 11 is 0. The fourth-order valence-electron chi connectivity index (χ4n) is 1.54. The molecule has 17 heavy (non-hydrogen) atoms. The van der Waals surface area contributed by atoms with Crippen LogP contribution in [-0.4, -0.2) is 9.78 Å². The summed E-state index contributed by atoms with van der Waals surface area (Å²) in [5.41, 5.74) is 7.26. The van der Waals surface area contributed by atoms with Crippen molar-refractivity contribution in [2.45, 2.75) is 13.5 Å². The molecule has 4 nitrogen and oxygen atoms in total. The van der Waals surface area contributed by atoms with Crippen molar-refractivity contribution in [3.8, 4) is 6.07 Å². The van der Waals surface area contributed by atoms with Crippen molar-refractivity contribution < 1.29 is 4.39 Å². The number of aromatic nitrogens is 2. The topological polar surface area (TPSA) is 67.6 Å². The monoisotopic (exact) mass is 230 g/mol. The van der Waals surface area contributed by atoms with Crippen LogP contribution in [0.3, 0.4) is 0 Å². The number of nitriles is 1. The first kappa shape index (κ1) is 11.1. The standard InChI is InChI=1S/C12H11FN4/c1-8-6-17(16-12(8)15)7-10-3-2-9(5-14)4-11(10)13/h2-4,6H,7H2,1H3,(H2,15,16). The summed E-state index contributed by atoms with van der Waals surface area (Å²) in [6.07, 6.45) is 1.76. The third kappa shape index (κ3) is 2.26. The van der Waals surface area contributed by atoms with Crippen LogP contribution in [0.2, 0.25) is 0 Å². The lowest BCUT2D eigenvalue weighted by Gasteiger charge is -2.03. The fourth-order valence-corrected chi connectivity index (χ4v) is 1.54. The van der Waals surface area contributed by atoms with E-state index >= 15 is 0 Å². The van der Waals surface area contributed by atoms with Crippen LogP contribution in [-0.2, 0) is 6.54 Å². The first-order chi connectivity index (χ1) is 8.10. The van der Waals surface area contributed by atoms with E-state index in [9.17, 15) is 4.39 Å². The van der Waals surface area contributed by atoms with Gasteiger partial charge in [0.1, 0.15) is 11.6 Å². The number of nitrogen functional groups attached to an aromatic ring is 1. The summed E-state index contributed by atoms with van der Waals surface area (Å²) in [6, 6.07) is 6.27. The van der Waals surface area contributed by atoms with Crippen LogP contribution in [0.5, 0.6) is 0 Å². The maximum atomic E-state index is 13.6. The number of aryl methyl sites for hydroxylation is 1. The Hall–Kier alpha value is -2.35. The molecule has 2 aromatic rings. The average Bonchev–Trinajstić information content (AvgIpc) is 2.61. The normalized spacial score (nSPS) is 10.2. The quantitative estimate of drug-likeness (QED) is 0.855. The van der Waals surface area contributed by atoms with Gasteiger partial charge in [0.25, 0.3) is 0 Å². The molecule has 0 fully saturated rings. The van der Waals surface area contributed by atoms with E-state index in [-0.39, 0.29) is 0 Å². The summed E-state index contributed by atoms with van der Waals surface area (Å²) < 4.78 is 15.2. The van der Waals surface area contributed by atoms with Gasteiger partial charge in [-0.25, -0.2) is 4.39 Å². The Morgan fingerprint density at radius 1 is 1.53 bits per heavy atom. The highest BCUT2D eigenvalue weighted by Gasteiger charge is 2.06. The molecule has 0 amide bonds. The zero-order chi connectivity index (χ0) is 12.4. The molecule has 0 atom stereocenters. The average molecular weight is 230 g/mol. The Morgan fingerprint density at radius 3 is 2.82 bits per heavy atom. The molecule has 86 valence electrons. The molecule has 2 N–H and O–H groups in total. The summed E-state index contributed by atoms with van der Waals surface area (Å²) in [7, 11) is 0. The lowest BCUT2D eigenvalue weighted by molar-refractivity contribution is 0.585. The van der Waals surface area contributed by atoms with Gasteiger partial charge in [-0.3, -0.25) is 4.68 Å². The molecule has 0 aliphatic carbocycles. The zero-order valence-electron chi connectivity index (χ0n) is 9.31. The number of hydrogen-bond acceptors (Lipinski definition) is 3. The van der Waals surface area contributed by atoms with E-state index in [0.29, 0.717) is 23.5 Å². The molecule has 5 heteroatoms. The van der Waals surface area contributed by atoms with Gasteiger partial charge in [0.15, 0.2) is 0 Å². The number of nitrogens with zero attached hydrogens (tertiary/aromatic N) is 3. The van der Waals surface area contributed by atoms with Gasteiger partial charge in [0.05, 0.1) is 18.2 Å². The molecule has 0 unspecified atom stereocenters. The van der Waals surface area contributed by atoms with Crippen LogP contribution < -0.4 is 5.73 Å². The molecule has 1 heterocycles. The zero-order valence-corrected chi connectivity index (χ0v) is 9.31. The predicted molar refractivity (Wildman–Crippen MR) is 61.6 cm³/mol. The molecule has 1 aromatic carbocycles. The van der Waals surface area contributed by atoms with Gasteiger partial charge in [-0.1, -0.05) is 6.07 Å². The molecule has 0 saturated heterocycles. The summed E-state index contributed by atoms with van der Waals surface area (Å²) in [6.45, 7) is 2.14. The van der Waals surface area contributed by atoms with Gasteiger partial charge in [0, 0.05) is 17.3 Å². The Kier molecular flexibility index (Phi) is 2.79. The minimum atomic E-state index is -0.407. The molecule has 2 rings (SSSR count). The van der Waals surface area contributed by atoms with Crippen molar-refractivity contribution in [2.75, 3.05) is 5.73 Å². The van der Waals surface area contributed by atoms with Crippen LogP contribution in [0.4, 0.5) is 10.2 Å². The molecule has 0 aliphatic heterocycles. The third-order valence-corrected chi connectivity index (χ3v) is 2.50. The maximum absolute atomic E-state index is 13.6. The molecular weight excluding hydrogens is 219 g/mol. The van der Waals surface area contributed by atoms with Crippen LogP contribution >= 0.6 is 0 Å². The predicted octanol–water partition coefficient (Wildman–Crippen LogP) is 1.83. The van der Waals surface area contributed by atoms with E-state index < -0.39 is 5.82 Å². The van der Waals surface area contributed by atoms with E-state index in [0.717, 1.165) is 5.56 Å². The first-order valence-corrected chi connectivity index (χ1v) is 5.08. The minimum Gasteiger partial charge on any atom is -0.382 e. The Labute approximate surface area is 98.1 Å². The van der Waals surface area contributed by atoms with Crippen molar-refractivity contribution >= 4 is 5.82 Å². The van der Waals surface area contributed by atoms with Crippen molar-refractivity contribution in [1.29, 1.82) is 5.26 Å². The van der Waals surface area contributed by atoms with Gasteiger partial charge in [-0.2, -0.15) is 10.4 Å². The highest BCUT2D eigenvalue weighted by Crippen LogP contribution is 2.13. The van der Waals surface area contributed by atoms with Gasteiger partial charge in [-0.05, 0) is 19.1 Å². The van der Waals surface area contributed by atoms with Gasteiger partial charge in [0.2, 0.25) is 0 Å². The largest absolute Gasteiger partial charge is 0.382 e. The molecule has 0 aliphatic rings.